The van der Waals surface area contributed by atoms with Gasteiger partial charge in [0.15, 0.2) is 23.3 Å². The third-order valence-corrected chi connectivity index (χ3v) is 5.46. The second-order valence-electron chi connectivity index (χ2n) is 7.60. The van der Waals surface area contributed by atoms with Crippen molar-refractivity contribution < 1.29 is 22.4 Å². The van der Waals surface area contributed by atoms with Crippen LogP contribution in [0.4, 0.5) is 28.9 Å². The summed E-state index contributed by atoms with van der Waals surface area (Å²) in [7, 11) is 0. The Balaban J connectivity index is 1.35. The summed E-state index contributed by atoms with van der Waals surface area (Å²) < 4.78 is 53.6. The van der Waals surface area contributed by atoms with Crippen molar-refractivity contribution in [2.45, 2.75) is 6.54 Å². The van der Waals surface area contributed by atoms with Gasteiger partial charge in [-0.05, 0) is 35.9 Å². The molecule has 8 heteroatoms. The second-order valence-corrected chi connectivity index (χ2v) is 7.60. The van der Waals surface area contributed by atoms with Crippen LogP contribution in [-0.4, -0.2) is 37.0 Å². The Labute approximate surface area is 183 Å². The van der Waals surface area contributed by atoms with Crippen LogP contribution >= 0.6 is 0 Å². The van der Waals surface area contributed by atoms with E-state index in [0.717, 1.165) is 38.4 Å². The molecule has 0 unspecified atom stereocenters. The first-order valence-electron chi connectivity index (χ1n) is 10.2. The highest BCUT2D eigenvalue weighted by molar-refractivity contribution is 6.04. The van der Waals surface area contributed by atoms with E-state index in [1.165, 1.54) is 5.56 Å². The largest absolute Gasteiger partial charge is 0.369 e. The minimum Gasteiger partial charge on any atom is -0.369 e. The van der Waals surface area contributed by atoms with E-state index >= 15 is 0 Å². The summed E-state index contributed by atoms with van der Waals surface area (Å²) in [5.74, 6) is -8.39. The Morgan fingerprint density at radius 1 is 0.812 bits per heavy atom. The van der Waals surface area contributed by atoms with Gasteiger partial charge >= 0.3 is 0 Å². The standard InChI is InChI=1S/C24H21F4N3O/c25-20-14-19(21(26)23(28)22(20)27)24(32)29-17-6-8-18(9-7-17)31-12-10-30(11-13-31)15-16-4-2-1-3-5-16/h1-9,14H,10-13,15H2,(H,29,32). The maximum absolute atomic E-state index is 13.8. The highest BCUT2D eigenvalue weighted by Gasteiger charge is 2.23. The van der Waals surface area contributed by atoms with Crippen LogP contribution in [0.2, 0.25) is 0 Å². The van der Waals surface area contributed by atoms with Crippen LogP contribution in [0, 0.1) is 23.3 Å². The van der Waals surface area contributed by atoms with Crippen molar-refractivity contribution in [2.24, 2.45) is 0 Å². The molecule has 1 heterocycles. The summed E-state index contributed by atoms with van der Waals surface area (Å²) >= 11 is 0. The number of carbonyl (C=O) groups excluding carboxylic acids is 1. The van der Waals surface area contributed by atoms with E-state index < -0.39 is 34.7 Å². The maximum Gasteiger partial charge on any atom is 0.258 e. The molecule has 1 aliphatic heterocycles. The van der Waals surface area contributed by atoms with Gasteiger partial charge in [-0.15, -0.1) is 0 Å². The number of nitrogens with one attached hydrogen (secondary N) is 1. The van der Waals surface area contributed by atoms with E-state index in [-0.39, 0.29) is 0 Å². The Kier molecular flexibility index (Phi) is 6.41. The molecule has 166 valence electrons. The first-order chi connectivity index (χ1) is 15.4. The number of halogens is 4. The van der Waals surface area contributed by atoms with Gasteiger partial charge < -0.3 is 10.2 Å². The van der Waals surface area contributed by atoms with E-state index in [4.69, 9.17) is 0 Å². The molecule has 0 spiro atoms. The van der Waals surface area contributed by atoms with Crippen molar-refractivity contribution in [1.82, 2.24) is 4.90 Å². The van der Waals surface area contributed by atoms with Crippen molar-refractivity contribution in [3.8, 4) is 0 Å². The van der Waals surface area contributed by atoms with Crippen LogP contribution in [0.3, 0.4) is 0 Å². The first kappa shape index (κ1) is 21.8. The van der Waals surface area contributed by atoms with Crippen molar-refractivity contribution in [1.29, 1.82) is 0 Å². The van der Waals surface area contributed by atoms with E-state index in [1.807, 2.05) is 30.3 Å². The molecule has 0 aromatic heterocycles. The molecular formula is C24H21F4N3O. The van der Waals surface area contributed by atoms with Crippen molar-refractivity contribution in [3.05, 3.63) is 95.1 Å². The molecule has 4 nitrogen and oxygen atoms in total. The van der Waals surface area contributed by atoms with Gasteiger partial charge in [-0.25, -0.2) is 17.6 Å². The highest BCUT2D eigenvalue weighted by Crippen LogP contribution is 2.23. The number of nitrogens with zero attached hydrogens (tertiary/aromatic N) is 2. The topological polar surface area (TPSA) is 35.6 Å². The molecule has 0 aliphatic carbocycles. The molecule has 1 saturated heterocycles. The van der Waals surface area contributed by atoms with Gasteiger partial charge in [0, 0.05) is 44.1 Å². The van der Waals surface area contributed by atoms with Gasteiger partial charge in [-0.2, -0.15) is 0 Å². The van der Waals surface area contributed by atoms with Gasteiger partial charge in [-0.3, -0.25) is 9.69 Å². The van der Waals surface area contributed by atoms with E-state index in [2.05, 4.69) is 27.2 Å². The number of amides is 1. The third-order valence-electron chi connectivity index (χ3n) is 5.46. The number of carbonyl (C=O) groups is 1. The minimum atomic E-state index is -2.02. The number of anilines is 2. The SMILES string of the molecule is O=C(Nc1ccc(N2CCN(Cc3ccccc3)CC2)cc1)c1cc(F)c(F)c(F)c1F. The maximum atomic E-state index is 13.8. The molecule has 0 atom stereocenters. The summed E-state index contributed by atoms with van der Waals surface area (Å²) in [6.07, 6.45) is 0. The molecule has 0 radical (unpaired) electrons. The van der Waals surface area contributed by atoms with Crippen molar-refractivity contribution in [2.75, 3.05) is 36.4 Å². The molecule has 0 saturated carbocycles. The molecule has 1 amide bonds. The summed E-state index contributed by atoms with van der Waals surface area (Å²) in [4.78, 5) is 16.8. The molecule has 32 heavy (non-hydrogen) atoms. The smallest absolute Gasteiger partial charge is 0.258 e. The fraction of sp³-hybridized carbons (Fsp3) is 0.208. The van der Waals surface area contributed by atoms with Crippen LogP contribution in [-0.2, 0) is 6.54 Å². The summed E-state index contributed by atoms with van der Waals surface area (Å²) in [5.41, 5.74) is 1.66. The molecule has 4 rings (SSSR count). The Morgan fingerprint density at radius 2 is 1.47 bits per heavy atom. The first-order valence-corrected chi connectivity index (χ1v) is 10.2. The molecule has 1 fully saturated rings. The summed E-state index contributed by atoms with van der Waals surface area (Å²) in [6, 6.07) is 17.5. The quantitative estimate of drug-likeness (QED) is 0.349. The number of piperazine rings is 1. The molecule has 0 bridgehead atoms. The average molecular weight is 443 g/mol. The average Bonchev–Trinajstić information content (AvgIpc) is 2.82. The number of benzene rings is 3. The highest BCUT2D eigenvalue weighted by atomic mass is 19.2. The Morgan fingerprint density at radius 3 is 2.12 bits per heavy atom. The van der Waals surface area contributed by atoms with Gasteiger partial charge in [0.2, 0.25) is 0 Å². The zero-order valence-corrected chi connectivity index (χ0v) is 17.1. The molecule has 3 aromatic carbocycles. The minimum absolute atomic E-state index is 0.325. The fourth-order valence-electron chi connectivity index (χ4n) is 3.70. The Hall–Kier alpha value is -3.39. The molecular weight excluding hydrogens is 422 g/mol. The summed E-state index contributed by atoms with van der Waals surface area (Å²) in [5, 5.41) is 2.38. The lowest BCUT2D eigenvalue weighted by Crippen LogP contribution is -2.45. The van der Waals surface area contributed by atoms with Crippen LogP contribution in [0.15, 0.2) is 60.7 Å². The fourth-order valence-corrected chi connectivity index (χ4v) is 3.70. The molecule has 3 aromatic rings. The predicted octanol–water partition coefficient (Wildman–Crippen LogP) is 4.82. The zero-order valence-electron chi connectivity index (χ0n) is 17.1. The second kappa shape index (κ2) is 9.40. The van der Waals surface area contributed by atoms with Gasteiger partial charge in [0.25, 0.3) is 5.91 Å². The monoisotopic (exact) mass is 443 g/mol. The van der Waals surface area contributed by atoms with E-state index in [1.54, 1.807) is 12.1 Å². The van der Waals surface area contributed by atoms with E-state index in [9.17, 15) is 22.4 Å². The van der Waals surface area contributed by atoms with Crippen molar-refractivity contribution in [3.63, 3.8) is 0 Å². The van der Waals surface area contributed by atoms with Crippen LogP contribution in [0.25, 0.3) is 0 Å². The van der Waals surface area contributed by atoms with Gasteiger partial charge in [0.1, 0.15) is 0 Å². The molecule has 1 N–H and O–H groups in total. The zero-order chi connectivity index (χ0) is 22.7. The van der Waals surface area contributed by atoms with E-state index in [0.29, 0.717) is 11.8 Å². The lowest BCUT2D eigenvalue weighted by atomic mass is 10.1. The predicted molar refractivity (Wildman–Crippen MR) is 115 cm³/mol. The van der Waals surface area contributed by atoms with Gasteiger partial charge in [0.05, 0.1) is 5.56 Å². The number of hydrogen-bond acceptors (Lipinski definition) is 3. The number of rotatable bonds is 5. The number of hydrogen-bond donors (Lipinski definition) is 1. The lowest BCUT2D eigenvalue weighted by molar-refractivity contribution is 0.102. The van der Waals surface area contributed by atoms with Crippen LogP contribution < -0.4 is 10.2 Å². The molecule has 1 aliphatic rings. The van der Waals surface area contributed by atoms with Gasteiger partial charge in [-0.1, -0.05) is 30.3 Å². The normalized spacial score (nSPS) is 14.4. The van der Waals surface area contributed by atoms with Crippen molar-refractivity contribution >= 4 is 17.3 Å². The van der Waals surface area contributed by atoms with Crippen LogP contribution in [0.5, 0.6) is 0 Å². The lowest BCUT2D eigenvalue weighted by Gasteiger charge is -2.36. The summed E-state index contributed by atoms with van der Waals surface area (Å²) in [6.45, 7) is 4.42. The Bertz CT molecular complexity index is 1100. The third kappa shape index (κ3) is 4.75. The van der Waals surface area contributed by atoms with Crippen LogP contribution in [0.1, 0.15) is 15.9 Å².